The summed E-state index contributed by atoms with van der Waals surface area (Å²) in [6, 6.07) is -0.000184. The zero-order valence-electron chi connectivity index (χ0n) is 9.22. The standard InChI is InChI=1S/C8H19N3O2S.ClH/c1-3-5-10(2)14(12,13)11-6-4-8(9)7-11;/h8H,3-7,9H2,1-2H3;1H. The molecule has 1 rings (SSSR count). The van der Waals surface area contributed by atoms with E-state index in [2.05, 4.69) is 0 Å². The normalized spacial score (nSPS) is 23.1. The van der Waals surface area contributed by atoms with Gasteiger partial charge in [0.05, 0.1) is 0 Å². The Kier molecular flexibility index (Phi) is 6.05. The number of hydrogen-bond donors (Lipinski definition) is 1. The van der Waals surface area contributed by atoms with Crippen LogP contribution in [0.5, 0.6) is 0 Å². The fourth-order valence-corrected chi connectivity index (χ4v) is 3.11. The highest BCUT2D eigenvalue weighted by molar-refractivity contribution is 7.86. The monoisotopic (exact) mass is 257 g/mol. The summed E-state index contributed by atoms with van der Waals surface area (Å²) in [6.45, 7) is 3.53. The third-order valence-electron chi connectivity index (χ3n) is 2.45. The van der Waals surface area contributed by atoms with Crippen molar-refractivity contribution in [1.29, 1.82) is 0 Å². The molecule has 0 aliphatic carbocycles. The molecule has 15 heavy (non-hydrogen) atoms. The van der Waals surface area contributed by atoms with E-state index in [1.807, 2.05) is 6.92 Å². The van der Waals surface area contributed by atoms with E-state index < -0.39 is 10.2 Å². The van der Waals surface area contributed by atoms with E-state index in [9.17, 15) is 8.42 Å². The van der Waals surface area contributed by atoms with Crippen LogP contribution < -0.4 is 5.73 Å². The van der Waals surface area contributed by atoms with Crippen LogP contribution in [-0.2, 0) is 10.2 Å². The SMILES string of the molecule is CCCN(C)S(=O)(=O)N1CCC(N)C1.Cl. The lowest BCUT2D eigenvalue weighted by Gasteiger charge is -2.23. The minimum absolute atomic E-state index is 0. The Morgan fingerprint density at radius 2 is 2.13 bits per heavy atom. The van der Waals surface area contributed by atoms with Gasteiger partial charge in [-0.2, -0.15) is 17.0 Å². The molecule has 1 fully saturated rings. The van der Waals surface area contributed by atoms with Gasteiger partial charge in [0.2, 0.25) is 0 Å². The van der Waals surface area contributed by atoms with Gasteiger partial charge in [0.25, 0.3) is 10.2 Å². The number of hydrogen-bond acceptors (Lipinski definition) is 3. The zero-order valence-corrected chi connectivity index (χ0v) is 10.9. The highest BCUT2D eigenvalue weighted by Gasteiger charge is 2.31. The molecule has 1 atom stereocenters. The molecule has 1 aliphatic heterocycles. The molecule has 0 radical (unpaired) electrons. The van der Waals surface area contributed by atoms with Crippen LogP contribution in [0.3, 0.4) is 0 Å². The van der Waals surface area contributed by atoms with Gasteiger partial charge in [0, 0.05) is 32.7 Å². The van der Waals surface area contributed by atoms with Crippen LogP contribution in [0.2, 0.25) is 0 Å². The molecule has 1 unspecified atom stereocenters. The molecule has 0 saturated carbocycles. The lowest BCUT2D eigenvalue weighted by atomic mass is 10.3. The van der Waals surface area contributed by atoms with E-state index in [0.29, 0.717) is 19.6 Å². The van der Waals surface area contributed by atoms with Crippen LogP contribution in [0.4, 0.5) is 0 Å². The van der Waals surface area contributed by atoms with Crippen molar-refractivity contribution in [1.82, 2.24) is 8.61 Å². The number of nitrogens with two attached hydrogens (primary N) is 1. The van der Waals surface area contributed by atoms with Crippen molar-refractivity contribution in [3.8, 4) is 0 Å². The van der Waals surface area contributed by atoms with Crippen LogP contribution in [0.25, 0.3) is 0 Å². The van der Waals surface area contributed by atoms with Crippen LogP contribution in [-0.4, -0.2) is 49.8 Å². The summed E-state index contributed by atoms with van der Waals surface area (Å²) >= 11 is 0. The van der Waals surface area contributed by atoms with Crippen molar-refractivity contribution in [2.24, 2.45) is 5.73 Å². The van der Waals surface area contributed by atoms with Crippen LogP contribution in [0, 0.1) is 0 Å². The first-order valence-electron chi connectivity index (χ1n) is 4.95. The van der Waals surface area contributed by atoms with E-state index in [4.69, 9.17) is 5.73 Å². The number of nitrogens with zero attached hydrogens (tertiary/aromatic N) is 2. The van der Waals surface area contributed by atoms with Gasteiger partial charge in [0.1, 0.15) is 0 Å². The largest absolute Gasteiger partial charge is 0.326 e. The molecule has 5 nitrogen and oxygen atoms in total. The second kappa shape index (κ2) is 6.00. The van der Waals surface area contributed by atoms with E-state index in [1.54, 1.807) is 7.05 Å². The molecule has 1 saturated heterocycles. The van der Waals surface area contributed by atoms with Gasteiger partial charge in [-0.25, -0.2) is 0 Å². The highest BCUT2D eigenvalue weighted by Crippen LogP contribution is 2.14. The Labute approximate surface area is 98.2 Å². The molecule has 0 bridgehead atoms. The van der Waals surface area contributed by atoms with Crippen LogP contribution in [0.1, 0.15) is 19.8 Å². The summed E-state index contributed by atoms with van der Waals surface area (Å²) in [4.78, 5) is 0. The first-order chi connectivity index (χ1) is 6.48. The maximum absolute atomic E-state index is 11.9. The van der Waals surface area contributed by atoms with Crippen molar-refractivity contribution >= 4 is 22.6 Å². The minimum Gasteiger partial charge on any atom is -0.326 e. The zero-order chi connectivity index (χ0) is 10.8. The summed E-state index contributed by atoms with van der Waals surface area (Å²) in [5.74, 6) is 0. The number of rotatable bonds is 4. The molecular weight excluding hydrogens is 238 g/mol. The first kappa shape index (κ1) is 15.1. The predicted molar refractivity (Wildman–Crippen MR) is 63.3 cm³/mol. The Hall–Kier alpha value is 0.120. The Balaban J connectivity index is 0.00000196. The van der Waals surface area contributed by atoms with Crippen LogP contribution in [0.15, 0.2) is 0 Å². The third-order valence-corrected chi connectivity index (χ3v) is 4.40. The molecule has 0 spiro atoms. The Bertz CT molecular complexity index is 284. The van der Waals surface area contributed by atoms with Crippen molar-refractivity contribution in [3.63, 3.8) is 0 Å². The summed E-state index contributed by atoms with van der Waals surface area (Å²) < 4.78 is 26.6. The van der Waals surface area contributed by atoms with E-state index in [-0.39, 0.29) is 18.4 Å². The van der Waals surface area contributed by atoms with Gasteiger partial charge in [-0.3, -0.25) is 0 Å². The molecular formula is C8H20ClN3O2S. The molecule has 7 heteroatoms. The van der Waals surface area contributed by atoms with Crippen molar-refractivity contribution in [2.45, 2.75) is 25.8 Å². The quantitative estimate of drug-likeness (QED) is 0.773. The Morgan fingerprint density at radius 3 is 2.53 bits per heavy atom. The van der Waals surface area contributed by atoms with Crippen molar-refractivity contribution < 1.29 is 8.42 Å². The van der Waals surface area contributed by atoms with Crippen molar-refractivity contribution in [2.75, 3.05) is 26.7 Å². The predicted octanol–water partition coefficient (Wildman–Crippen LogP) is 0.0278. The number of halogens is 1. The summed E-state index contributed by atoms with van der Waals surface area (Å²) in [7, 11) is -1.63. The third kappa shape index (κ3) is 3.57. The molecule has 1 heterocycles. The fourth-order valence-electron chi connectivity index (χ4n) is 1.59. The molecule has 0 aromatic rings. The summed E-state index contributed by atoms with van der Waals surface area (Å²) in [5.41, 5.74) is 5.67. The van der Waals surface area contributed by atoms with E-state index in [0.717, 1.165) is 12.8 Å². The fraction of sp³-hybridized carbons (Fsp3) is 1.00. The maximum Gasteiger partial charge on any atom is 0.281 e. The second-order valence-electron chi connectivity index (χ2n) is 3.74. The lowest BCUT2D eigenvalue weighted by molar-refractivity contribution is 0.392. The molecule has 1 aliphatic rings. The summed E-state index contributed by atoms with van der Waals surface area (Å²) in [6.07, 6.45) is 1.59. The Morgan fingerprint density at radius 1 is 1.53 bits per heavy atom. The maximum atomic E-state index is 11.9. The van der Waals surface area contributed by atoms with Gasteiger partial charge in [0.15, 0.2) is 0 Å². The van der Waals surface area contributed by atoms with Gasteiger partial charge in [-0.05, 0) is 12.8 Å². The average molecular weight is 258 g/mol. The second-order valence-corrected chi connectivity index (χ2v) is 5.77. The van der Waals surface area contributed by atoms with E-state index >= 15 is 0 Å². The molecule has 0 aromatic heterocycles. The highest BCUT2D eigenvalue weighted by atomic mass is 35.5. The topological polar surface area (TPSA) is 66.6 Å². The van der Waals surface area contributed by atoms with Gasteiger partial charge < -0.3 is 5.73 Å². The molecule has 2 N–H and O–H groups in total. The molecule has 0 aromatic carbocycles. The molecule has 92 valence electrons. The average Bonchev–Trinajstić information content (AvgIpc) is 2.52. The van der Waals surface area contributed by atoms with Gasteiger partial charge >= 0.3 is 0 Å². The van der Waals surface area contributed by atoms with Gasteiger partial charge in [-0.15, -0.1) is 12.4 Å². The lowest BCUT2D eigenvalue weighted by Crippen LogP contribution is -2.41. The van der Waals surface area contributed by atoms with Crippen LogP contribution >= 0.6 is 12.4 Å². The van der Waals surface area contributed by atoms with Crippen molar-refractivity contribution in [3.05, 3.63) is 0 Å². The molecule has 0 amide bonds. The van der Waals surface area contributed by atoms with Gasteiger partial charge in [-0.1, -0.05) is 6.92 Å². The van der Waals surface area contributed by atoms with E-state index in [1.165, 1.54) is 8.61 Å². The minimum atomic E-state index is -3.25. The first-order valence-corrected chi connectivity index (χ1v) is 6.35. The smallest absolute Gasteiger partial charge is 0.281 e. The summed E-state index contributed by atoms with van der Waals surface area (Å²) in [5, 5.41) is 0.